The standard InChI is InChI=1S/C15H17NO/c1-3-8-14(9-4-1)10-7-13-17-15-11-5-2-6-12-16-15/h1-6,8-9,11-12,16H,7,10,13H2. The van der Waals surface area contributed by atoms with Gasteiger partial charge in [-0.3, -0.25) is 0 Å². The largest absolute Gasteiger partial charge is 0.479 e. The highest BCUT2D eigenvalue weighted by atomic mass is 16.5. The van der Waals surface area contributed by atoms with E-state index in [1.165, 1.54) is 5.56 Å². The summed E-state index contributed by atoms with van der Waals surface area (Å²) in [5.74, 6) is 0.808. The monoisotopic (exact) mass is 227 g/mol. The Kier molecular flexibility index (Phi) is 4.46. The van der Waals surface area contributed by atoms with Gasteiger partial charge in [-0.15, -0.1) is 0 Å². The molecule has 0 spiro atoms. The fourth-order valence-corrected chi connectivity index (χ4v) is 1.63. The lowest BCUT2D eigenvalue weighted by Crippen LogP contribution is -2.09. The van der Waals surface area contributed by atoms with Crippen LogP contribution in [0.5, 0.6) is 0 Å². The number of hydrogen-bond donors (Lipinski definition) is 1. The van der Waals surface area contributed by atoms with Gasteiger partial charge in [-0.1, -0.05) is 42.5 Å². The first-order valence-corrected chi connectivity index (χ1v) is 5.92. The molecule has 0 fully saturated rings. The van der Waals surface area contributed by atoms with Gasteiger partial charge in [0.1, 0.15) is 0 Å². The molecule has 0 unspecified atom stereocenters. The Bertz CT molecular complexity index is 418. The molecule has 1 heterocycles. The third kappa shape index (κ3) is 4.19. The van der Waals surface area contributed by atoms with Crippen LogP contribution in [0, 0.1) is 0 Å². The van der Waals surface area contributed by atoms with Crippen LogP contribution < -0.4 is 5.32 Å². The van der Waals surface area contributed by atoms with Gasteiger partial charge in [-0.05, 0) is 30.6 Å². The molecular formula is C15H17NO. The summed E-state index contributed by atoms with van der Waals surface area (Å²) in [5.41, 5.74) is 1.36. The Morgan fingerprint density at radius 2 is 1.88 bits per heavy atom. The number of hydrogen-bond acceptors (Lipinski definition) is 2. The van der Waals surface area contributed by atoms with Crippen LogP contribution in [0.15, 0.2) is 66.7 Å². The molecule has 0 atom stereocenters. The molecule has 1 aliphatic rings. The minimum absolute atomic E-state index is 0.732. The normalized spacial score (nSPS) is 13.8. The lowest BCUT2D eigenvalue weighted by molar-refractivity contribution is 0.194. The highest BCUT2D eigenvalue weighted by Gasteiger charge is 1.96. The second-order valence-corrected chi connectivity index (χ2v) is 3.86. The second-order valence-electron chi connectivity index (χ2n) is 3.86. The van der Waals surface area contributed by atoms with Crippen molar-refractivity contribution in [3.8, 4) is 0 Å². The maximum atomic E-state index is 5.63. The van der Waals surface area contributed by atoms with Gasteiger partial charge >= 0.3 is 0 Å². The van der Waals surface area contributed by atoms with E-state index in [-0.39, 0.29) is 0 Å². The van der Waals surface area contributed by atoms with E-state index in [1.807, 2.05) is 36.6 Å². The van der Waals surface area contributed by atoms with Gasteiger partial charge in [-0.25, -0.2) is 0 Å². The molecule has 0 aromatic heterocycles. The number of aryl methyl sites for hydroxylation is 1. The van der Waals surface area contributed by atoms with E-state index in [2.05, 4.69) is 29.6 Å². The van der Waals surface area contributed by atoms with E-state index in [9.17, 15) is 0 Å². The van der Waals surface area contributed by atoms with E-state index in [1.54, 1.807) is 0 Å². The number of allylic oxidation sites excluding steroid dienone is 4. The third-order valence-corrected chi connectivity index (χ3v) is 2.50. The lowest BCUT2D eigenvalue weighted by Gasteiger charge is -2.09. The van der Waals surface area contributed by atoms with Gasteiger partial charge in [-0.2, -0.15) is 0 Å². The molecule has 88 valence electrons. The molecule has 2 nitrogen and oxygen atoms in total. The molecular weight excluding hydrogens is 210 g/mol. The Balaban J connectivity index is 1.68. The summed E-state index contributed by atoms with van der Waals surface area (Å²) in [4.78, 5) is 0. The van der Waals surface area contributed by atoms with Gasteiger partial charge in [0.25, 0.3) is 0 Å². The Labute approximate surface area is 102 Å². The average molecular weight is 227 g/mol. The molecule has 0 aliphatic carbocycles. The molecule has 0 amide bonds. The van der Waals surface area contributed by atoms with Crippen molar-refractivity contribution in [3.63, 3.8) is 0 Å². The summed E-state index contributed by atoms with van der Waals surface area (Å²) < 4.78 is 5.63. The highest BCUT2D eigenvalue weighted by molar-refractivity contribution is 5.18. The molecule has 2 rings (SSSR count). The van der Waals surface area contributed by atoms with E-state index >= 15 is 0 Å². The van der Waals surface area contributed by atoms with Crippen LogP contribution in [-0.2, 0) is 11.2 Å². The molecule has 0 saturated carbocycles. The first kappa shape index (κ1) is 11.5. The maximum Gasteiger partial charge on any atom is 0.190 e. The van der Waals surface area contributed by atoms with Gasteiger partial charge in [0.2, 0.25) is 0 Å². The minimum atomic E-state index is 0.732. The van der Waals surface area contributed by atoms with Gasteiger partial charge < -0.3 is 10.1 Å². The molecule has 0 bridgehead atoms. The molecule has 17 heavy (non-hydrogen) atoms. The van der Waals surface area contributed by atoms with Crippen molar-refractivity contribution in [1.29, 1.82) is 0 Å². The quantitative estimate of drug-likeness (QED) is 0.780. The van der Waals surface area contributed by atoms with Crippen LogP contribution in [-0.4, -0.2) is 6.61 Å². The van der Waals surface area contributed by atoms with Crippen LogP contribution in [0.1, 0.15) is 12.0 Å². The smallest absolute Gasteiger partial charge is 0.190 e. The Hall–Kier alpha value is -1.96. The van der Waals surface area contributed by atoms with Crippen molar-refractivity contribution < 1.29 is 4.74 Å². The molecule has 0 radical (unpaired) electrons. The van der Waals surface area contributed by atoms with Crippen LogP contribution >= 0.6 is 0 Å². The van der Waals surface area contributed by atoms with Crippen molar-refractivity contribution >= 4 is 0 Å². The van der Waals surface area contributed by atoms with E-state index in [0.717, 1.165) is 25.3 Å². The first-order chi connectivity index (χ1) is 8.45. The predicted molar refractivity (Wildman–Crippen MR) is 70.2 cm³/mol. The van der Waals surface area contributed by atoms with Crippen LogP contribution in [0.3, 0.4) is 0 Å². The summed E-state index contributed by atoms with van der Waals surface area (Å²) in [6, 6.07) is 10.5. The molecule has 1 N–H and O–H groups in total. The van der Waals surface area contributed by atoms with Crippen molar-refractivity contribution in [3.05, 3.63) is 72.3 Å². The second kappa shape index (κ2) is 6.59. The molecule has 2 heteroatoms. The van der Waals surface area contributed by atoms with E-state index < -0.39 is 0 Å². The topological polar surface area (TPSA) is 21.3 Å². The van der Waals surface area contributed by atoms with Crippen LogP contribution in [0.2, 0.25) is 0 Å². The summed E-state index contributed by atoms with van der Waals surface area (Å²) in [5, 5.41) is 3.08. The summed E-state index contributed by atoms with van der Waals surface area (Å²) in [7, 11) is 0. The number of benzene rings is 1. The maximum absolute atomic E-state index is 5.63. The van der Waals surface area contributed by atoms with Crippen molar-refractivity contribution in [2.24, 2.45) is 0 Å². The highest BCUT2D eigenvalue weighted by Crippen LogP contribution is 2.04. The van der Waals surface area contributed by atoms with Gasteiger partial charge in [0, 0.05) is 6.20 Å². The van der Waals surface area contributed by atoms with Crippen molar-refractivity contribution in [2.45, 2.75) is 12.8 Å². The zero-order chi connectivity index (χ0) is 11.8. The van der Waals surface area contributed by atoms with Gasteiger partial charge in [0.15, 0.2) is 5.88 Å². The fraction of sp³-hybridized carbons (Fsp3) is 0.200. The number of nitrogens with one attached hydrogen (secondary N) is 1. The SMILES string of the molecule is C1=CC=C(OCCCc2ccccc2)NC=C1. The lowest BCUT2D eigenvalue weighted by atomic mass is 10.1. The predicted octanol–water partition coefficient (Wildman–Crippen LogP) is 3.15. The van der Waals surface area contributed by atoms with Crippen molar-refractivity contribution in [2.75, 3.05) is 6.61 Å². The van der Waals surface area contributed by atoms with Gasteiger partial charge in [0.05, 0.1) is 6.61 Å². The summed E-state index contributed by atoms with van der Waals surface area (Å²) in [6.45, 7) is 0.732. The van der Waals surface area contributed by atoms with Crippen molar-refractivity contribution in [1.82, 2.24) is 5.32 Å². The molecule has 0 saturated heterocycles. The molecule has 1 aromatic carbocycles. The van der Waals surface area contributed by atoms with Crippen LogP contribution in [0.25, 0.3) is 0 Å². The number of ether oxygens (including phenoxy) is 1. The minimum Gasteiger partial charge on any atom is -0.479 e. The first-order valence-electron chi connectivity index (χ1n) is 5.92. The van der Waals surface area contributed by atoms with E-state index in [0.29, 0.717) is 0 Å². The number of rotatable bonds is 5. The summed E-state index contributed by atoms with van der Waals surface area (Å²) in [6.07, 6.45) is 11.7. The Morgan fingerprint density at radius 3 is 2.76 bits per heavy atom. The zero-order valence-corrected chi connectivity index (χ0v) is 9.80. The summed E-state index contributed by atoms with van der Waals surface area (Å²) >= 11 is 0. The van der Waals surface area contributed by atoms with Crippen LogP contribution in [0.4, 0.5) is 0 Å². The van der Waals surface area contributed by atoms with E-state index in [4.69, 9.17) is 4.74 Å². The zero-order valence-electron chi connectivity index (χ0n) is 9.80. The fourth-order valence-electron chi connectivity index (χ4n) is 1.63. The third-order valence-electron chi connectivity index (χ3n) is 2.50. The average Bonchev–Trinajstić information content (AvgIpc) is 2.65. The Morgan fingerprint density at radius 1 is 1.00 bits per heavy atom. The molecule has 1 aliphatic heterocycles. The molecule has 1 aromatic rings.